The molecule has 2 aliphatic heterocycles. The lowest BCUT2D eigenvalue weighted by Gasteiger charge is -2.13. The van der Waals surface area contributed by atoms with Gasteiger partial charge < -0.3 is 4.74 Å². The molecule has 0 N–H and O–H groups in total. The van der Waals surface area contributed by atoms with Gasteiger partial charge in [0.15, 0.2) is 0 Å². The van der Waals surface area contributed by atoms with E-state index in [1.807, 2.05) is 11.8 Å². The third kappa shape index (κ3) is 1.53. The number of rotatable bonds is 0. The SMILES string of the molecule is c1cc2c3c(c1)CSCc1cccc(c1-3)COC2. The molecule has 18 heavy (non-hydrogen) atoms. The Labute approximate surface area is 111 Å². The van der Waals surface area contributed by atoms with E-state index in [-0.39, 0.29) is 0 Å². The number of ether oxygens (including phenoxy) is 1. The first kappa shape index (κ1) is 10.7. The summed E-state index contributed by atoms with van der Waals surface area (Å²) >= 11 is 2.01. The first-order chi connectivity index (χ1) is 8.93. The van der Waals surface area contributed by atoms with Gasteiger partial charge in [0.1, 0.15) is 0 Å². The fourth-order valence-corrected chi connectivity index (χ4v) is 3.99. The van der Waals surface area contributed by atoms with E-state index >= 15 is 0 Å². The zero-order chi connectivity index (χ0) is 11.9. The first-order valence-electron chi connectivity index (χ1n) is 6.31. The Hall–Kier alpha value is -1.25. The number of hydrogen-bond donors (Lipinski definition) is 0. The summed E-state index contributed by atoms with van der Waals surface area (Å²) in [6.07, 6.45) is 0. The van der Waals surface area contributed by atoms with Gasteiger partial charge in [-0.3, -0.25) is 0 Å². The predicted octanol–water partition coefficient (Wildman–Crippen LogP) is 4.13. The molecule has 2 aromatic carbocycles. The molecule has 0 unspecified atom stereocenters. The van der Waals surface area contributed by atoms with Crippen LogP contribution in [0.5, 0.6) is 0 Å². The van der Waals surface area contributed by atoms with Crippen LogP contribution in [0.2, 0.25) is 0 Å². The van der Waals surface area contributed by atoms with Crippen molar-refractivity contribution in [3.8, 4) is 11.1 Å². The summed E-state index contributed by atoms with van der Waals surface area (Å²) in [4.78, 5) is 0. The van der Waals surface area contributed by atoms with Crippen LogP contribution in [0.15, 0.2) is 36.4 Å². The average Bonchev–Trinajstić information content (AvgIpc) is 2.70. The molecule has 0 spiro atoms. The van der Waals surface area contributed by atoms with E-state index in [9.17, 15) is 0 Å². The average molecular weight is 254 g/mol. The molecule has 1 nitrogen and oxygen atoms in total. The Bertz CT molecular complexity index is 518. The first-order valence-corrected chi connectivity index (χ1v) is 7.46. The zero-order valence-electron chi connectivity index (χ0n) is 10.1. The summed E-state index contributed by atoms with van der Waals surface area (Å²) in [5.74, 6) is 2.22. The predicted molar refractivity (Wildman–Crippen MR) is 75.4 cm³/mol. The largest absolute Gasteiger partial charge is 0.372 e. The van der Waals surface area contributed by atoms with Crippen molar-refractivity contribution in [3.63, 3.8) is 0 Å². The van der Waals surface area contributed by atoms with Crippen molar-refractivity contribution < 1.29 is 4.74 Å². The van der Waals surface area contributed by atoms with E-state index in [2.05, 4.69) is 36.4 Å². The Morgan fingerprint density at radius 2 is 1.22 bits per heavy atom. The monoisotopic (exact) mass is 254 g/mol. The van der Waals surface area contributed by atoms with E-state index in [1.165, 1.54) is 33.4 Å². The van der Waals surface area contributed by atoms with E-state index in [1.54, 1.807) is 0 Å². The molecular weight excluding hydrogens is 240 g/mol. The molecule has 0 saturated carbocycles. The molecule has 2 heteroatoms. The Morgan fingerprint density at radius 3 is 1.78 bits per heavy atom. The molecule has 0 amide bonds. The van der Waals surface area contributed by atoms with Gasteiger partial charge in [0.05, 0.1) is 13.2 Å². The van der Waals surface area contributed by atoms with Crippen LogP contribution in [-0.2, 0) is 29.5 Å². The molecule has 90 valence electrons. The van der Waals surface area contributed by atoms with E-state index < -0.39 is 0 Å². The van der Waals surface area contributed by atoms with Gasteiger partial charge >= 0.3 is 0 Å². The van der Waals surface area contributed by atoms with Crippen LogP contribution in [0.3, 0.4) is 0 Å². The summed E-state index contributed by atoms with van der Waals surface area (Å²) in [7, 11) is 0. The minimum atomic E-state index is 0.738. The quantitative estimate of drug-likeness (QED) is 0.699. The third-order valence-corrected chi connectivity index (χ3v) is 4.78. The summed E-state index contributed by atoms with van der Waals surface area (Å²) in [6, 6.07) is 13.3. The standard InChI is InChI=1S/C16H14OS/c1-3-11-7-17-8-12-4-2-6-14-10-18-9-13(5-1)15(11)16(12)14/h1-6H,7-10H2. The zero-order valence-corrected chi connectivity index (χ0v) is 10.9. The topological polar surface area (TPSA) is 9.23 Å². The maximum Gasteiger partial charge on any atom is 0.0727 e. The maximum atomic E-state index is 5.82. The van der Waals surface area contributed by atoms with Gasteiger partial charge in [0.25, 0.3) is 0 Å². The second-order valence-corrected chi connectivity index (χ2v) is 5.87. The molecular formula is C16H14OS. The summed E-state index contributed by atoms with van der Waals surface area (Å²) in [5, 5.41) is 0. The summed E-state index contributed by atoms with van der Waals surface area (Å²) in [5.41, 5.74) is 8.53. The second-order valence-electron chi connectivity index (χ2n) is 4.89. The van der Waals surface area contributed by atoms with Gasteiger partial charge in [-0.2, -0.15) is 11.8 Å². The lowest BCUT2D eigenvalue weighted by atomic mass is 9.90. The van der Waals surface area contributed by atoms with Crippen molar-refractivity contribution in [2.45, 2.75) is 24.7 Å². The molecule has 0 saturated heterocycles. The van der Waals surface area contributed by atoms with Crippen LogP contribution in [0.4, 0.5) is 0 Å². The molecule has 0 aromatic heterocycles. The highest BCUT2D eigenvalue weighted by atomic mass is 32.2. The Balaban J connectivity index is 2.12. The van der Waals surface area contributed by atoms with E-state index in [0.29, 0.717) is 0 Å². The van der Waals surface area contributed by atoms with Crippen LogP contribution in [-0.4, -0.2) is 0 Å². The molecule has 4 rings (SSSR count). The number of hydrogen-bond acceptors (Lipinski definition) is 2. The molecule has 0 aliphatic carbocycles. The smallest absolute Gasteiger partial charge is 0.0727 e. The highest BCUT2D eigenvalue weighted by Crippen LogP contribution is 2.42. The lowest BCUT2D eigenvalue weighted by molar-refractivity contribution is 0.110. The van der Waals surface area contributed by atoms with Crippen molar-refractivity contribution >= 4 is 11.8 Å². The van der Waals surface area contributed by atoms with Crippen molar-refractivity contribution in [1.29, 1.82) is 0 Å². The molecule has 0 atom stereocenters. The summed E-state index contributed by atoms with van der Waals surface area (Å²) in [6.45, 7) is 1.48. The van der Waals surface area contributed by atoms with Gasteiger partial charge in [-0.05, 0) is 33.4 Å². The van der Waals surface area contributed by atoms with Crippen molar-refractivity contribution in [2.24, 2.45) is 0 Å². The normalized spacial score (nSPS) is 16.7. The highest BCUT2D eigenvalue weighted by molar-refractivity contribution is 7.97. The maximum absolute atomic E-state index is 5.82. The van der Waals surface area contributed by atoms with Crippen LogP contribution < -0.4 is 0 Å². The molecule has 2 heterocycles. The van der Waals surface area contributed by atoms with Crippen LogP contribution in [0, 0.1) is 0 Å². The number of thioether (sulfide) groups is 1. The van der Waals surface area contributed by atoms with Crippen LogP contribution in [0.25, 0.3) is 11.1 Å². The van der Waals surface area contributed by atoms with Crippen LogP contribution >= 0.6 is 11.8 Å². The Kier molecular flexibility index (Phi) is 2.45. The molecule has 0 radical (unpaired) electrons. The molecule has 0 bridgehead atoms. The van der Waals surface area contributed by atoms with E-state index in [0.717, 1.165) is 24.7 Å². The van der Waals surface area contributed by atoms with Gasteiger partial charge in [0, 0.05) is 11.5 Å². The highest BCUT2D eigenvalue weighted by Gasteiger charge is 2.22. The minimum Gasteiger partial charge on any atom is -0.372 e. The van der Waals surface area contributed by atoms with Gasteiger partial charge in [-0.25, -0.2) is 0 Å². The fraction of sp³-hybridized carbons (Fsp3) is 0.250. The van der Waals surface area contributed by atoms with Gasteiger partial charge in [-0.1, -0.05) is 36.4 Å². The van der Waals surface area contributed by atoms with Crippen LogP contribution in [0.1, 0.15) is 22.3 Å². The lowest BCUT2D eigenvalue weighted by Crippen LogP contribution is -1.94. The molecule has 2 aromatic rings. The van der Waals surface area contributed by atoms with Crippen molar-refractivity contribution in [3.05, 3.63) is 58.7 Å². The Morgan fingerprint density at radius 1 is 0.722 bits per heavy atom. The van der Waals surface area contributed by atoms with E-state index in [4.69, 9.17) is 4.74 Å². The molecule has 2 aliphatic rings. The number of benzene rings is 2. The summed E-state index contributed by atoms with van der Waals surface area (Å²) < 4.78 is 5.82. The van der Waals surface area contributed by atoms with Crippen molar-refractivity contribution in [2.75, 3.05) is 0 Å². The van der Waals surface area contributed by atoms with Crippen molar-refractivity contribution in [1.82, 2.24) is 0 Å². The molecule has 0 fully saturated rings. The third-order valence-electron chi connectivity index (χ3n) is 3.75. The minimum absolute atomic E-state index is 0.738. The second kappa shape index (κ2) is 4.15. The van der Waals surface area contributed by atoms with Gasteiger partial charge in [-0.15, -0.1) is 0 Å². The fourth-order valence-electron chi connectivity index (χ4n) is 2.97. The van der Waals surface area contributed by atoms with Gasteiger partial charge in [0.2, 0.25) is 0 Å².